The Morgan fingerprint density at radius 3 is 2.44 bits per heavy atom. The molecular weight excluding hydrogens is 234 g/mol. The van der Waals surface area contributed by atoms with Gasteiger partial charge >= 0.3 is 0 Å². The molecule has 0 amide bonds. The largest absolute Gasteiger partial charge is 0.394 e. The van der Waals surface area contributed by atoms with Gasteiger partial charge in [0, 0.05) is 31.0 Å². The SMILES string of the molecule is OCCOC1CCN(c2ncc(CO)cn2)CC1. The fraction of sp³-hybridized carbons (Fsp3) is 0.667. The third-order valence-electron chi connectivity index (χ3n) is 3.04. The maximum atomic E-state index is 8.93. The second-order valence-corrected chi connectivity index (χ2v) is 4.33. The van der Waals surface area contributed by atoms with E-state index in [0.717, 1.165) is 31.5 Å². The molecule has 6 heteroatoms. The number of aromatic nitrogens is 2. The lowest BCUT2D eigenvalue weighted by Crippen LogP contribution is -2.38. The van der Waals surface area contributed by atoms with E-state index in [1.807, 2.05) is 0 Å². The molecule has 1 aromatic rings. The first-order valence-electron chi connectivity index (χ1n) is 6.22. The lowest BCUT2D eigenvalue weighted by molar-refractivity contribution is 0.0157. The van der Waals surface area contributed by atoms with Gasteiger partial charge in [0.1, 0.15) is 0 Å². The monoisotopic (exact) mass is 253 g/mol. The molecule has 0 unspecified atom stereocenters. The Kier molecular flexibility index (Phi) is 4.86. The van der Waals surface area contributed by atoms with Crippen LogP contribution in [0.4, 0.5) is 5.95 Å². The number of aliphatic hydroxyl groups excluding tert-OH is 2. The van der Waals surface area contributed by atoms with Crippen molar-refractivity contribution in [2.45, 2.75) is 25.6 Å². The van der Waals surface area contributed by atoms with Crippen LogP contribution in [-0.2, 0) is 11.3 Å². The molecule has 2 N–H and O–H groups in total. The van der Waals surface area contributed by atoms with Crippen LogP contribution < -0.4 is 4.90 Å². The van der Waals surface area contributed by atoms with Crippen LogP contribution in [-0.4, -0.2) is 52.6 Å². The first kappa shape index (κ1) is 13.2. The van der Waals surface area contributed by atoms with Gasteiger partial charge in [0.05, 0.1) is 25.9 Å². The van der Waals surface area contributed by atoms with E-state index in [4.69, 9.17) is 14.9 Å². The van der Waals surface area contributed by atoms with E-state index in [9.17, 15) is 0 Å². The molecule has 2 heterocycles. The van der Waals surface area contributed by atoms with E-state index in [-0.39, 0.29) is 19.3 Å². The molecule has 0 aromatic carbocycles. The Hall–Kier alpha value is -1.24. The molecule has 0 atom stereocenters. The summed E-state index contributed by atoms with van der Waals surface area (Å²) >= 11 is 0. The highest BCUT2D eigenvalue weighted by Gasteiger charge is 2.21. The summed E-state index contributed by atoms with van der Waals surface area (Å²) in [6.07, 6.45) is 5.37. The maximum Gasteiger partial charge on any atom is 0.225 e. The van der Waals surface area contributed by atoms with Crippen molar-refractivity contribution in [2.24, 2.45) is 0 Å². The molecule has 0 aliphatic carbocycles. The molecule has 100 valence electrons. The lowest BCUT2D eigenvalue weighted by atomic mass is 10.1. The quantitative estimate of drug-likeness (QED) is 0.766. The number of anilines is 1. The zero-order valence-corrected chi connectivity index (χ0v) is 10.3. The van der Waals surface area contributed by atoms with E-state index in [0.29, 0.717) is 12.6 Å². The summed E-state index contributed by atoms with van der Waals surface area (Å²) in [4.78, 5) is 10.6. The van der Waals surface area contributed by atoms with Crippen LogP contribution >= 0.6 is 0 Å². The van der Waals surface area contributed by atoms with Crippen LogP contribution in [0.1, 0.15) is 18.4 Å². The number of nitrogens with zero attached hydrogens (tertiary/aromatic N) is 3. The Balaban J connectivity index is 1.84. The molecular formula is C12H19N3O3. The first-order valence-corrected chi connectivity index (χ1v) is 6.22. The predicted molar refractivity (Wildman–Crippen MR) is 66.2 cm³/mol. The van der Waals surface area contributed by atoms with Gasteiger partial charge in [0.15, 0.2) is 0 Å². The predicted octanol–water partition coefficient (Wildman–Crippen LogP) is -0.0534. The van der Waals surface area contributed by atoms with Crippen LogP contribution in [0.5, 0.6) is 0 Å². The molecule has 1 fully saturated rings. The highest BCUT2D eigenvalue weighted by atomic mass is 16.5. The highest BCUT2D eigenvalue weighted by molar-refractivity contribution is 5.30. The minimum absolute atomic E-state index is 0.0304. The van der Waals surface area contributed by atoms with Crippen LogP contribution in [0.25, 0.3) is 0 Å². The van der Waals surface area contributed by atoms with Gasteiger partial charge in [0.25, 0.3) is 0 Å². The topological polar surface area (TPSA) is 78.7 Å². The fourth-order valence-electron chi connectivity index (χ4n) is 2.03. The van der Waals surface area contributed by atoms with E-state index >= 15 is 0 Å². The van der Waals surface area contributed by atoms with Crippen molar-refractivity contribution >= 4 is 5.95 Å². The molecule has 2 rings (SSSR count). The Morgan fingerprint density at radius 2 is 1.89 bits per heavy atom. The molecule has 0 bridgehead atoms. The molecule has 18 heavy (non-hydrogen) atoms. The standard InChI is InChI=1S/C12H19N3O3/c16-5-6-18-11-1-3-15(4-2-11)12-13-7-10(9-17)8-14-12/h7-8,11,16-17H,1-6,9H2. The number of ether oxygens (including phenoxy) is 1. The summed E-state index contributed by atoms with van der Waals surface area (Å²) in [5.41, 5.74) is 0.722. The molecule has 1 saturated heterocycles. The van der Waals surface area contributed by atoms with Crippen molar-refractivity contribution in [3.05, 3.63) is 18.0 Å². The van der Waals surface area contributed by atoms with Crippen molar-refractivity contribution in [1.29, 1.82) is 0 Å². The Bertz CT molecular complexity index is 350. The van der Waals surface area contributed by atoms with Gasteiger partial charge in [-0.3, -0.25) is 0 Å². The zero-order valence-electron chi connectivity index (χ0n) is 10.3. The van der Waals surface area contributed by atoms with Gasteiger partial charge in [-0.1, -0.05) is 0 Å². The van der Waals surface area contributed by atoms with Gasteiger partial charge in [-0.05, 0) is 12.8 Å². The minimum atomic E-state index is -0.0304. The lowest BCUT2D eigenvalue weighted by Gasteiger charge is -2.31. The van der Waals surface area contributed by atoms with Crippen LogP contribution in [0, 0.1) is 0 Å². The average molecular weight is 253 g/mol. The van der Waals surface area contributed by atoms with E-state index < -0.39 is 0 Å². The highest BCUT2D eigenvalue weighted by Crippen LogP contribution is 2.17. The van der Waals surface area contributed by atoms with Crippen molar-refractivity contribution in [3.63, 3.8) is 0 Å². The van der Waals surface area contributed by atoms with Crippen LogP contribution in [0.15, 0.2) is 12.4 Å². The summed E-state index contributed by atoms with van der Waals surface area (Å²) in [6, 6.07) is 0. The number of hydrogen-bond acceptors (Lipinski definition) is 6. The zero-order chi connectivity index (χ0) is 12.8. The van der Waals surface area contributed by atoms with Gasteiger partial charge < -0.3 is 19.8 Å². The Labute approximate surface area is 106 Å². The summed E-state index contributed by atoms with van der Waals surface area (Å²) in [5, 5.41) is 17.6. The van der Waals surface area contributed by atoms with Crippen molar-refractivity contribution in [2.75, 3.05) is 31.2 Å². The normalized spacial score (nSPS) is 17.1. The molecule has 0 spiro atoms. The first-order chi connectivity index (χ1) is 8.83. The second-order valence-electron chi connectivity index (χ2n) is 4.33. The fourth-order valence-corrected chi connectivity index (χ4v) is 2.03. The van der Waals surface area contributed by atoms with Gasteiger partial charge in [-0.25, -0.2) is 9.97 Å². The second kappa shape index (κ2) is 6.63. The number of aliphatic hydroxyl groups is 2. The van der Waals surface area contributed by atoms with Gasteiger partial charge in [-0.2, -0.15) is 0 Å². The van der Waals surface area contributed by atoms with Crippen molar-refractivity contribution in [3.8, 4) is 0 Å². The van der Waals surface area contributed by atoms with Crippen LogP contribution in [0.2, 0.25) is 0 Å². The van der Waals surface area contributed by atoms with Gasteiger partial charge in [0.2, 0.25) is 5.95 Å². The Morgan fingerprint density at radius 1 is 1.22 bits per heavy atom. The summed E-state index contributed by atoms with van der Waals surface area (Å²) in [5.74, 6) is 0.702. The van der Waals surface area contributed by atoms with Crippen LogP contribution in [0.3, 0.4) is 0 Å². The third kappa shape index (κ3) is 3.38. The van der Waals surface area contributed by atoms with Crippen molar-refractivity contribution < 1.29 is 14.9 Å². The molecule has 6 nitrogen and oxygen atoms in total. The number of piperidine rings is 1. The van der Waals surface area contributed by atoms with E-state index in [2.05, 4.69) is 14.9 Å². The summed E-state index contributed by atoms with van der Waals surface area (Å²) in [6.45, 7) is 2.17. The summed E-state index contributed by atoms with van der Waals surface area (Å²) < 4.78 is 5.50. The minimum Gasteiger partial charge on any atom is -0.394 e. The molecule has 1 aliphatic heterocycles. The molecule has 1 aromatic heterocycles. The molecule has 0 saturated carbocycles. The molecule has 0 radical (unpaired) electrons. The molecule has 1 aliphatic rings. The van der Waals surface area contributed by atoms with Crippen molar-refractivity contribution in [1.82, 2.24) is 9.97 Å². The summed E-state index contributed by atoms with van der Waals surface area (Å²) in [7, 11) is 0. The third-order valence-corrected chi connectivity index (χ3v) is 3.04. The maximum absolute atomic E-state index is 8.93. The smallest absolute Gasteiger partial charge is 0.225 e. The van der Waals surface area contributed by atoms with E-state index in [1.165, 1.54) is 0 Å². The average Bonchev–Trinajstić information content (AvgIpc) is 2.46. The van der Waals surface area contributed by atoms with Gasteiger partial charge in [-0.15, -0.1) is 0 Å². The van der Waals surface area contributed by atoms with E-state index in [1.54, 1.807) is 12.4 Å². The number of rotatable bonds is 5. The number of hydrogen-bond donors (Lipinski definition) is 2.